The van der Waals surface area contributed by atoms with Crippen molar-refractivity contribution in [3.05, 3.63) is 146 Å². The third-order valence-electron chi connectivity index (χ3n) is 14.6. The highest BCUT2D eigenvalue weighted by molar-refractivity contribution is 5.71. The molecule has 494 valence electrons. The summed E-state index contributed by atoms with van der Waals surface area (Å²) < 4.78 is 23.0. The summed E-state index contributed by atoms with van der Waals surface area (Å²) >= 11 is 0. The smallest absolute Gasteiger partial charge is 0.361 e. The van der Waals surface area contributed by atoms with Gasteiger partial charge >= 0.3 is 17.9 Å². The fourth-order valence-corrected chi connectivity index (χ4v) is 9.32. The predicted octanol–water partition coefficient (Wildman–Crippen LogP) is 21.9. The first-order chi connectivity index (χ1) is 42.6. The summed E-state index contributed by atoms with van der Waals surface area (Å²) in [6, 6.07) is 0. The maximum absolute atomic E-state index is 12.9. The van der Waals surface area contributed by atoms with E-state index in [-0.39, 0.29) is 38.6 Å². The molecule has 0 radical (unpaired) electrons. The van der Waals surface area contributed by atoms with Crippen LogP contribution in [-0.2, 0) is 33.3 Å². The van der Waals surface area contributed by atoms with Crippen LogP contribution in [0.3, 0.4) is 0 Å². The molecule has 0 aromatic heterocycles. The quantitative estimate of drug-likeness (QED) is 0.0211. The van der Waals surface area contributed by atoms with Gasteiger partial charge in [0.05, 0.1) is 34.4 Å². The van der Waals surface area contributed by atoms with Crippen molar-refractivity contribution in [3.8, 4) is 0 Å². The number of carboxylic acids is 1. The number of nitrogens with zero attached hydrogens (tertiary/aromatic N) is 1. The summed E-state index contributed by atoms with van der Waals surface area (Å²) in [6.07, 6.45) is 95.3. The highest BCUT2D eigenvalue weighted by Gasteiger charge is 2.25. The molecule has 87 heavy (non-hydrogen) atoms. The molecule has 2 atom stereocenters. The Morgan fingerprint density at radius 3 is 0.920 bits per heavy atom. The topological polar surface area (TPSA) is 108 Å². The van der Waals surface area contributed by atoms with Gasteiger partial charge in [-0.25, -0.2) is 4.79 Å². The minimum atomic E-state index is -1.52. The van der Waals surface area contributed by atoms with Crippen molar-refractivity contribution in [1.82, 2.24) is 0 Å². The second-order valence-corrected chi connectivity index (χ2v) is 24.1. The largest absolute Gasteiger partial charge is 0.477 e. The van der Waals surface area contributed by atoms with Gasteiger partial charge < -0.3 is 28.5 Å². The second kappa shape index (κ2) is 67.1. The third kappa shape index (κ3) is 68.5. The molecule has 0 aliphatic carbocycles. The maximum Gasteiger partial charge on any atom is 0.361 e. The lowest BCUT2D eigenvalue weighted by Crippen LogP contribution is -2.40. The number of carbonyl (C=O) groups is 3. The van der Waals surface area contributed by atoms with E-state index in [1.807, 2.05) is 21.1 Å². The van der Waals surface area contributed by atoms with Gasteiger partial charge in [0.1, 0.15) is 13.2 Å². The van der Waals surface area contributed by atoms with Gasteiger partial charge in [0, 0.05) is 12.8 Å². The van der Waals surface area contributed by atoms with E-state index in [1.54, 1.807) is 0 Å². The number of allylic oxidation sites excluding steroid dienone is 24. The molecule has 0 aromatic rings. The van der Waals surface area contributed by atoms with Crippen LogP contribution in [0.5, 0.6) is 0 Å². The van der Waals surface area contributed by atoms with Gasteiger partial charge in [0.15, 0.2) is 6.10 Å². The number of quaternary nitrogens is 1. The van der Waals surface area contributed by atoms with Crippen LogP contribution in [0.4, 0.5) is 0 Å². The molecular formula is C78H130NO8+. The molecule has 0 saturated carbocycles. The molecule has 0 heterocycles. The Morgan fingerprint density at radius 2 is 0.621 bits per heavy atom. The van der Waals surface area contributed by atoms with E-state index < -0.39 is 24.3 Å². The van der Waals surface area contributed by atoms with E-state index in [0.717, 1.165) is 122 Å². The summed E-state index contributed by atoms with van der Waals surface area (Å²) in [4.78, 5) is 37.6. The van der Waals surface area contributed by atoms with E-state index in [1.165, 1.54) is 116 Å². The standard InChI is InChI=1S/C78H129NO8/c1-6-8-10-12-14-16-18-20-22-24-26-28-29-30-31-32-33-34-35-36-37-38-39-40-41-42-43-44-45-46-47-49-51-53-55-57-59-61-63-65-67-69-76(81)87-74(73-86-78(77(82)83)84-71-70-79(3,4)5)72-85-75(80)68-66-64-62-60-58-56-54-52-50-48-27-25-23-21-19-17-15-13-11-9-7-2/h8-11,14-17,20-23,26-28,30-31,33-34,36-37,39-40,48,74,78H,6-7,12-13,18-19,24-25,29,32,35,38,41-47,49-73H2,1-5H3/p+1/b10-8-,11-9-,16-14-,17-15-,22-20-,23-21-,28-26-,31-30-,34-33-,37-36-,40-39-,48-27-. The number of hydrogen-bond acceptors (Lipinski definition) is 7. The number of hydrogen-bond donors (Lipinski definition) is 1. The molecule has 0 amide bonds. The van der Waals surface area contributed by atoms with E-state index in [2.05, 4.69) is 160 Å². The lowest BCUT2D eigenvalue weighted by Gasteiger charge is -2.25. The molecule has 0 saturated heterocycles. The zero-order chi connectivity index (χ0) is 63.3. The lowest BCUT2D eigenvalue weighted by atomic mass is 10.0. The highest BCUT2D eigenvalue weighted by atomic mass is 16.7. The predicted molar refractivity (Wildman–Crippen MR) is 373 cm³/mol. The summed E-state index contributed by atoms with van der Waals surface area (Å²) in [5, 5.41) is 9.74. The van der Waals surface area contributed by atoms with Crippen molar-refractivity contribution in [1.29, 1.82) is 0 Å². The minimum absolute atomic E-state index is 0.181. The monoisotopic (exact) mass is 1210 g/mol. The van der Waals surface area contributed by atoms with Crippen molar-refractivity contribution in [3.63, 3.8) is 0 Å². The van der Waals surface area contributed by atoms with E-state index >= 15 is 0 Å². The van der Waals surface area contributed by atoms with Crippen LogP contribution in [-0.4, -0.2) is 87.4 Å². The first-order valence-corrected chi connectivity index (χ1v) is 35.0. The summed E-state index contributed by atoms with van der Waals surface area (Å²) in [5.74, 6) is -2.02. The number of carboxylic acid groups (broad SMARTS) is 1. The Labute approximate surface area is 534 Å². The molecule has 0 aliphatic heterocycles. The molecule has 9 heteroatoms. The molecular weight excluding hydrogens is 1080 g/mol. The molecule has 0 fully saturated rings. The van der Waals surface area contributed by atoms with Crippen molar-refractivity contribution in [2.24, 2.45) is 0 Å². The summed E-state index contributed by atoms with van der Waals surface area (Å²) in [6.45, 7) is 4.64. The van der Waals surface area contributed by atoms with Crippen LogP contribution < -0.4 is 0 Å². The first kappa shape index (κ1) is 82.2. The van der Waals surface area contributed by atoms with Gasteiger partial charge in [-0.2, -0.15) is 0 Å². The van der Waals surface area contributed by atoms with Crippen molar-refractivity contribution >= 4 is 17.9 Å². The maximum atomic E-state index is 12.9. The van der Waals surface area contributed by atoms with Crippen LogP contribution in [0.1, 0.15) is 271 Å². The number of esters is 2. The highest BCUT2D eigenvalue weighted by Crippen LogP contribution is 2.17. The van der Waals surface area contributed by atoms with Gasteiger partial charge in [-0.1, -0.05) is 288 Å². The molecule has 0 rings (SSSR count). The molecule has 9 nitrogen and oxygen atoms in total. The zero-order valence-corrected chi connectivity index (χ0v) is 56.4. The average molecular weight is 1210 g/mol. The number of rotatable bonds is 63. The zero-order valence-electron chi connectivity index (χ0n) is 56.4. The van der Waals surface area contributed by atoms with Crippen LogP contribution in [0.25, 0.3) is 0 Å². The van der Waals surface area contributed by atoms with Gasteiger partial charge in [-0.05, 0) is 116 Å². The lowest BCUT2D eigenvalue weighted by molar-refractivity contribution is -0.870. The van der Waals surface area contributed by atoms with Crippen molar-refractivity contribution in [2.75, 3.05) is 47.5 Å². The first-order valence-electron chi connectivity index (χ1n) is 35.0. The fourth-order valence-electron chi connectivity index (χ4n) is 9.32. The summed E-state index contributed by atoms with van der Waals surface area (Å²) in [7, 11) is 5.97. The van der Waals surface area contributed by atoms with Crippen LogP contribution in [0.15, 0.2) is 146 Å². The molecule has 2 unspecified atom stereocenters. The molecule has 0 aromatic carbocycles. The number of ether oxygens (including phenoxy) is 4. The summed E-state index contributed by atoms with van der Waals surface area (Å²) in [5.41, 5.74) is 0. The fraction of sp³-hybridized carbons (Fsp3) is 0.654. The van der Waals surface area contributed by atoms with E-state index in [9.17, 15) is 19.5 Å². The van der Waals surface area contributed by atoms with Crippen molar-refractivity contribution in [2.45, 2.75) is 283 Å². The number of carbonyl (C=O) groups excluding carboxylic acids is 2. The second-order valence-electron chi connectivity index (χ2n) is 24.1. The van der Waals surface area contributed by atoms with Crippen LogP contribution >= 0.6 is 0 Å². The SMILES string of the molecule is CC/C=C\C/C=C\C/C=C\C/C=C\C/C=C\C/C=C\C/C=C\C/C=C\CCCCCCCCCCCCCCCCCCC(=O)OC(COC(=O)CCCCCCCCCC/C=C\C/C=C\C/C=C\C/C=C\CC)COC(OCC[N+](C)(C)C)C(=O)O. The Hall–Kier alpha value is -4.83. The van der Waals surface area contributed by atoms with E-state index in [0.29, 0.717) is 17.4 Å². The molecule has 0 spiro atoms. The Balaban J connectivity index is 4.09. The number of unbranched alkanes of at least 4 members (excludes halogenated alkanes) is 24. The van der Waals surface area contributed by atoms with Gasteiger partial charge in [-0.15, -0.1) is 0 Å². The minimum Gasteiger partial charge on any atom is -0.477 e. The Morgan fingerprint density at radius 1 is 0.345 bits per heavy atom. The third-order valence-corrected chi connectivity index (χ3v) is 14.6. The molecule has 0 bridgehead atoms. The molecule has 1 N–H and O–H groups in total. The van der Waals surface area contributed by atoms with Gasteiger partial charge in [-0.3, -0.25) is 9.59 Å². The molecule has 0 aliphatic rings. The van der Waals surface area contributed by atoms with Gasteiger partial charge in [0.25, 0.3) is 6.29 Å². The Kier molecular flexibility index (Phi) is 63.4. The van der Waals surface area contributed by atoms with Crippen LogP contribution in [0.2, 0.25) is 0 Å². The average Bonchev–Trinajstić information content (AvgIpc) is 3.59. The van der Waals surface area contributed by atoms with Crippen LogP contribution in [0, 0.1) is 0 Å². The van der Waals surface area contributed by atoms with E-state index in [4.69, 9.17) is 18.9 Å². The number of likely N-dealkylation sites (N-methyl/N-ethyl adjacent to an activating group) is 1. The Bertz CT molecular complexity index is 1940. The van der Waals surface area contributed by atoms with Gasteiger partial charge in [0.2, 0.25) is 0 Å². The number of aliphatic carboxylic acids is 1. The van der Waals surface area contributed by atoms with Crippen molar-refractivity contribution < 1.29 is 42.9 Å². The normalized spacial score (nSPS) is 13.6.